The summed E-state index contributed by atoms with van der Waals surface area (Å²) < 4.78 is 18.3. The van der Waals surface area contributed by atoms with Crippen molar-refractivity contribution < 1.29 is 18.7 Å². The highest BCUT2D eigenvalue weighted by molar-refractivity contribution is 5.99. The second-order valence-electron chi connectivity index (χ2n) is 6.07. The third-order valence-corrected chi connectivity index (χ3v) is 4.20. The summed E-state index contributed by atoms with van der Waals surface area (Å²) >= 11 is 0. The van der Waals surface area contributed by atoms with Crippen LogP contribution in [0.1, 0.15) is 16.8 Å². The van der Waals surface area contributed by atoms with Crippen LogP contribution in [0.4, 0.5) is 10.1 Å². The minimum atomic E-state index is -0.613. The van der Waals surface area contributed by atoms with E-state index in [1.165, 1.54) is 29.2 Å². The number of hydrogen-bond acceptors (Lipinski definition) is 4. The molecule has 3 aromatic rings. The molecular weight excluding hydrogens is 359 g/mol. The largest absolute Gasteiger partial charge is 0.452 e. The maximum Gasteiger partial charge on any atom is 0.338 e. The normalized spacial score (nSPS) is 10.3. The number of rotatable bonds is 6. The zero-order chi connectivity index (χ0) is 19.9. The molecular formula is C22H17FN2O3. The number of hydrogen-bond donors (Lipinski definition) is 0. The summed E-state index contributed by atoms with van der Waals surface area (Å²) in [7, 11) is 0. The first-order valence-corrected chi connectivity index (χ1v) is 8.67. The molecule has 0 aliphatic rings. The van der Waals surface area contributed by atoms with E-state index in [1.807, 2.05) is 36.4 Å². The fraction of sp³-hybridized carbons (Fsp3) is 0.136. The first-order valence-electron chi connectivity index (χ1n) is 8.67. The highest BCUT2D eigenvalue weighted by atomic mass is 19.1. The van der Waals surface area contributed by atoms with Gasteiger partial charge in [0, 0.05) is 12.2 Å². The van der Waals surface area contributed by atoms with E-state index in [0.717, 1.165) is 10.8 Å². The van der Waals surface area contributed by atoms with Crippen LogP contribution in [0.15, 0.2) is 66.7 Å². The van der Waals surface area contributed by atoms with Gasteiger partial charge in [-0.25, -0.2) is 9.18 Å². The fourth-order valence-electron chi connectivity index (χ4n) is 2.79. The number of ether oxygens (including phenoxy) is 1. The highest BCUT2D eigenvalue weighted by Crippen LogP contribution is 2.18. The molecule has 0 fully saturated rings. The molecule has 140 valence electrons. The van der Waals surface area contributed by atoms with Gasteiger partial charge in [-0.05, 0) is 47.2 Å². The number of halogens is 1. The predicted molar refractivity (Wildman–Crippen MR) is 103 cm³/mol. The maximum atomic E-state index is 13.1. The summed E-state index contributed by atoms with van der Waals surface area (Å²) in [5.41, 5.74) is 0.778. The molecule has 3 rings (SSSR count). The van der Waals surface area contributed by atoms with Crippen LogP contribution in [0, 0.1) is 17.1 Å². The Morgan fingerprint density at radius 3 is 2.43 bits per heavy atom. The minimum Gasteiger partial charge on any atom is -0.452 e. The molecule has 1 amide bonds. The number of nitriles is 1. The number of carbonyl (C=O) groups excluding carboxylic acids is 2. The van der Waals surface area contributed by atoms with Crippen LogP contribution >= 0.6 is 0 Å². The summed E-state index contributed by atoms with van der Waals surface area (Å²) in [5, 5.41) is 10.7. The number of fused-ring (bicyclic) bond motifs is 1. The number of benzene rings is 3. The molecule has 0 heterocycles. The van der Waals surface area contributed by atoms with Crippen LogP contribution in [-0.4, -0.2) is 25.0 Å². The predicted octanol–water partition coefficient (Wildman–Crippen LogP) is 4.08. The van der Waals surface area contributed by atoms with E-state index in [0.29, 0.717) is 11.3 Å². The highest BCUT2D eigenvalue weighted by Gasteiger charge is 2.18. The number of carbonyl (C=O) groups is 2. The zero-order valence-corrected chi connectivity index (χ0v) is 15.0. The van der Waals surface area contributed by atoms with Gasteiger partial charge >= 0.3 is 5.97 Å². The van der Waals surface area contributed by atoms with Crippen molar-refractivity contribution in [3.05, 3.63) is 78.1 Å². The van der Waals surface area contributed by atoms with Gasteiger partial charge in [0.05, 0.1) is 18.1 Å². The van der Waals surface area contributed by atoms with Crippen LogP contribution < -0.4 is 4.90 Å². The summed E-state index contributed by atoms with van der Waals surface area (Å²) in [6, 6.07) is 20.1. The Morgan fingerprint density at radius 2 is 1.71 bits per heavy atom. The molecule has 0 atom stereocenters. The quantitative estimate of drug-likeness (QED) is 0.608. The lowest BCUT2D eigenvalue weighted by Gasteiger charge is -2.21. The first kappa shape index (κ1) is 19.1. The summed E-state index contributed by atoms with van der Waals surface area (Å²) in [5.74, 6) is -1.53. The van der Waals surface area contributed by atoms with Crippen molar-refractivity contribution in [1.29, 1.82) is 5.26 Å². The topological polar surface area (TPSA) is 70.4 Å². The molecule has 0 N–H and O–H groups in total. The zero-order valence-electron chi connectivity index (χ0n) is 15.0. The number of amides is 1. The van der Waals surface area contributed by atoms with Crippen molar-refractivity contribution in [3.8, 4) is 6.07 Å². The van der Waals surface area contributed by atoms with Gasteiger partial charge in [-0.3, -0.25) is 4.79 Å². The van der Waals surface area contributed by atoms with Gasteiger partial charge in [0.2, 0.25) is 0 Å². The molecule has 0 saturated heterocycles. The van der Waals surface area contributed by atoms with Gasteiger partial charge in [0.15, 0.2) is 6.61 Å². The summed E-state index contributed by atoms with van der Waals surface area (Å²) in [4.78, 5) is 26.1. The van der Waals surface area contributed by atoms with Gasteiger partial charge < -0.3 is 9.64 Å². The number of esters is 1. The second kappa shape index (κ2) is 8.78. The van der Waals surface area contributed by atoms with Crippen LogP contribution in [0.3, 0.4) is 0 Å². The van der Waals surface area contributed by atoms with Crippen molar-refractivity contribution >= 4 is 28.3 Å². The molecule has 0 bridgehead atoms. The Labute approximate surface area is 161 Å². The smallest absolute Gasteiger partial charge is 0.338 e. The molecule has 0 aliphatic heterocycles. The van der Waals surface area contributed by atoms with E-state index in [2.05, 4.69) is 0 Å². The van der Waals surface area contributed by atoms with Crippen molar-refractivity contribution in [3.63, 3.8) is 0 Å². The minimum absolute atomic E-state index is 0.0989. The Balaban J connectivity index is 1.69. The summed E-state index contributed by atoms with van der Waals surface area (Å²) in [6.07, 6.45) is 0.0989. The SMILES string of the molecule is N#CCCN(C(=O)COC(=O)c1ccc2ccccc2c1)c1ccc(F)cc1. The van der Waals surface area contributed by atoms with Gasteiger partial charge in [-0.2, -0.15) is 5.26 Å². The first-order chi connectivity index (χ1) is 13.6. The molecule has 28 heavy (non-hydrogen) atoms. The molecule has 0 aromatic heterocycles. The van der Waals surface area contributed by atoms with Crippen molar-refractivity contribution in [2.24, 2.45) is 0 Å². The molecule has 0 saturated carbocycles. The molecule has 0 aliphatic carbocycles. The van der Waals surface area contributed by atoms with Crippen LogP contribution in [0.2, 0.25) is 0 Å². The van der Waals surface area contributed by atoms with E-state index in [4.69, 9.17) is 10.00 Å². The Hall–Kier alpha value is -3.72. The summed E-state index contributed by atoms with van der Waals surface area (Å²) in [6.45, 7) is -0.358. The Kier molecular flexibility index (Phi) is 5.97. The molecule has 3 aromatic carbocycles. The van der Waals surface area contributed by atoms with E-state index < -0.39 is 24.3 Å². The van der Waals surface area contributed by atoms with Crippen LogP contribution in [0.5, 0.6) is 0 Å². The maximum absolute atomic E-state index is 13.1. The standard InChI is InChI=1S/C22H17FN2O3/c23-19-8-10-20(11-9-19)25(13-3-12-24)21(26)15-28-22(27)18-7-6-16-4-1-2-5-17(16)14-18/h1-2,4-11,14H,3,13,15H2. The lowest BCUT2D eigenvalue weighted by Crippen LogP contribution is -2.35. The molecule has 6 heteroatoms. The van der Waals surface area contributed by atoms with Gasteiger partial charge in [-0.1, -0.05) is 30.3 Å². The van der Waals surface area contributed by atoms with E-state index in [1.54, 1.807) is 12.1 Å². The van der Waals surface area contributed by atoms with E-state index >= 15 is 0 Å². The van der Waals surface area contributed by atoms with Gasteiger partial charge in [0.1, 0.15) is 5.82 Å². The molecule has 0 unspecified atom stereocenters. The number of anilines is 1. The second-order valence-corrected chi connectivity index (χ2v) is 6.07. The third-order valence-electron chi connectivity index (χ3n) is 4.20. The average molecular weight is 376 g/mol. The lowest BCUT2D eigenvalue weighted by molar-refractivity contribution is -0.121. The average Bonchev–Trinajstić information content (AvgIpc) is 2.73. The molecule has 5 nitrogen and oxygen atoms in total. The Morgan fingerprint density at radius 1 is 1.00 bits per heavy atom. The van der Waals surface area contributed by atoms with Crippen molar-refractivity contribution in [2.45, 2.75) is 6.42 Å². The van der Waals surface area contributed by atoms with Crippen molar-refractivity contribution in [2.75, 3.05) is 18.1 Å². The monoisotopic (exact) mass is 376 g/mol. The molecule has 0 spiro atoms. The van der Waals surface area contributed by atoms with Crippen LogP contribution in [0.25, 0.3) is 10.8 Å². The van der Waals surface area contributed by atoms with Gasteiger partial charge in [-0.15, -0.1) is 0 Å². The molecule has 0 radical (unpaired) electrons. The number of nitrogens with zero attached hydrogens (tertiary/aromatic N) is 2. The van der Waals surface area contributed by atoms with E-state index in [9.17, 15) is 14.0 Å². The van der Waals surface area contributed by atoms with Crippen molar-refractivity contribution in [1.82, 2.24) is 0 Å². The lowest BCUT2D eigenvalue weighted by atomic mass is 10.1. The Bertz CT molecular complexity index is 1040. The van der Waals surface area contributed by atoms with Crippen LogP contribution in [-0.2, 0) is 9.53 Å². The third kappa shape index (κ3) is 4.51. The fourth-order valence-corrected chi connectivity index (χ4v) is 2.79. The van der Waals surface area contributed by atoms with E-state index in [-0.39, 0.29) is 13.0 Å². The van der Waals surface area contributed by atoms with Gasteiger partial charge in [0.25, 0.3) is 5.91 Å².